The second-order valence-electron chi connectivity index (χ2n) is 4.76. The van der Waals surface area contributed by atoms with E-state index in [1.165, 1.54) is 5.56 Å². The average Bonchev–Trinajstić information content (AvgIpc) is 2.91. The van der Waals surface area contributed by atoms with Gasteiger partial charge in [0.2, 0.25) is 5.16 Å². The Kier molecular flexibility index (Phi) is 4.17. The fourth-order valence-corrected chi connectivity index (χ4v) is 2.90. The molecular weight excluding hydrogens is 282 g/mol. The van der Waals surface area contributed by atoms with E-state index in [0.29, 0.717) is 0 Å². The Bertz CT molecular complexity index is 753. The minimum Gasteiger partial charge on any atom is -0.313 e. The van der Waals surface area contributed by atoms with E-state index < -0.39 is 0 Å². The van der Waals surface area contributed by atoms with Crippen molar-refractivity contribution in [2.75, 3.05) is 6.54 Å². The molecule has 0 aliphatic heterocycles. The number of aromatic nitrogens is 4. The smallest absolute Gasteiger partial charge is 0.201 e. The zero-order valence-corrected chi connectivity index (χ0v) is 12.9. The zero-order chi connectivity index (χ0) is 14.7. The number of fused-ring (bicyclic) bond motifs is 1. The molecule has 108 valence electrons. The molecule has 6 heteroatoms. The van der Waals surface area contributed by atoms with Crippen LogP contribution in [0.15, 0.2) is 46.8 Å². The lowest BCUT2D eigenvalue weighted by atomic mass is 10.2. The summed E-state index contributed by atoms with van der Waals surface area (Å²) in [7, 11) is 0. The van der Waals surface area contributed by atoms with Gasteiger partial charge in [-0.1, -0.05) is 19.1 Å². The van der Waals surface area contributed by atoms with Crippen LogP contribution in [0.2, 0.25) is 0 Å². The second kappa shape index (κ2) is 6.24. The molecule has 0 amide bonds. The number of rotatable bonds is 5. The van der Waals surface area contributed by atoms with Gasteiger partial charge in [-0.2, -0.15) is 0 Å². The molecule has 0 aliphatic carbocycles. The molecule has 0 bridgehead atoms. The van der Waals surface area contributed by atoms with Gasteiger partial charge < -0.3 is 5.32 Å². The van der Waals surface area contributed by atoms with Crippen LogP contribution < -0.4 is 5.32 Å². The molecule has 5 nitrogen and oxygen atoms in total. The molecule has 0 saturated carbocycles. The van der Waals surface area contributed by atoms with Gasteiger partial charge in [-0.3, -0.25) is 4.40 Å². The fourth-order valence-electron chi connectivity index (χ4n) is 2.07. The average molecular weight is 299 g/mol. The normalized spacial score (nSPS) is 11.1. The lowest BCUT2D eigenvalue weighted by Crippen LogP contribution is -2.12. The summed E-state index contributed by atoms with van der Waals surface area (Å²) in [6.07, 6.45) is 3.88. The standard InChI is InChI=1S/C15H17N5S/c1-3-16-9-12-8-11(2)14(17-10-12)21-15-19-18-13-6-4-5-7-20(13)15/h4-8,10,16H,3,9H2,1-2H3. The van der Waals surface area contributed by atoms with Crippen molar-refractivity contribution in [3.05, 3.63) is 47.8 Å². The van der Waals surface area contributed by atoms with E-state index in [1.807, 2.05) is 35.0 Å². The van der Waals surface area contributed by atoms with Crippen molar-refractivity contribution in [3.63, 3.8) is 0 Å². The molecule has 0 radical (unpaired) electrons. The predicted octanol–water partition coefficient (Wildman–Crippen LogP) is 2.69. The number of nitrogens with zero attached hydrogens (tertiary/aromatic N) is 4. The van der Waals surface area contributed by atoms with Gasteiger partial charge in [0, 0.05) is 18.9 Å². The lowest BCUT2D eigenvalue weighted by Gasteiger charge is -2.07. The van der Waals surface area contributed by atoms with Crippen LogP contribution in [-0.2, 0) is 6.54 Å². The largest absolute Gasteiger partial charge is 0.313 e. The molecule has 0 unspecified atom stereocenters. The van der Waals surface area contributed by atoms with Gasteiger partial charge in [0.25, 0.3) is 0 Å². The zero-order valence-electron chi connectivity index (χ0n) is 12.1. The van der Waals surface area contributed by atoms with Crippen LogP contribution in [0.5, 0.6) is 0 Å². The summed E-state index contributed by atoms with van der Waals surface area (Å²) in [4.78, 5) is 4.55. The van der Waals surface area contributed by atoms with Crippen LogP contribution in [0.4, 0.5) is 0 Å². The maximum atomic E-state index is 4.55. The van der Waals surface area contributed by atoms with Crippen LogP contribution >= 0.6 is 11.8 Å². The summed E-state index contributed by atoms with van der Waals surface area (Å²) in [6, 6.07) is 8.04. The molecule has 3 aromatic rings. The fraction of sp³-hybridized carbons (Fsp3) is 0.267. The van der Waals surface area contributed by atoms with Crippen molar-refractivity contribution < 1.29 is 0 Å². The molecule has 3 heterocycles. The minimum atomic E-state index is 0.834. The first-order valence-corrected chi connectivity index (χ1v) is 7.73. The Morgan fingerprint density at radius 2 is 2.19 bits per heavy atom. The van der Waals surface area contributed by atoms with Crippen molar-refractivity contribution in [1.82, 2.24) is 24.9 Å². The number of aryl methyl sites for hydroxylation is 1. The highest BCUT2D eigenvalue weighted by Crippen LogP contribution is 2.27. The SMILES string of the molecule is CCNCc1cnc(Sc2nnc3ccccn23)c(C)c1. The first kappa shape index (κ1) is 14.0. The summed E-state index contributed by atoms with van der Waals surface area (Å²) in [5.74, 6) is 0. The van der Waals surface area contributed by atoms with Crippen molar-refractivity contribution in [2.24, 2.45) is 0 Å². The highest BCUT2D eigenvalue weighted by molar-refractivity contribution is 7.99. The van der Waals surface area contributed by atoms with Crippen LogP contribution in [-0.4, -0.2) is 26.1 Å². The summed E-state index contributed by atoms with van der Waals surface area (Å²) < 4.78 is 1.97. The first-order valence-electron chi connectivity index (χ1n) is 6.92. The Balaban J connectivity index is 1.84. The second-order valence-corrected chi connectivity index (χ2v) is 5.72. The molecule has 0 aliphatic rings. The van der Waals surface area contributed by atoms with E-state index in [4.69, 9.17) is 0 Å². The van der Waals surface area contributed by atoms with E-state index in [0.717, 1.165) is 34.5 Å². The van der Waals surface area contributed by atoms with Crippen LogP contribution in [0, 0.1) is 6.92 Å². The summed E-state index contributed by atoms with van der Waals surface area (Å²) >= 11 is 1.54. The summed E-state index contributed by atoms with van der Waals surface area (Å²) in [5.41, 5.74) is 3.20. The Morgan fingerprint density at radius 1 is 1.29 bits per heavy atom. The lowest BCUT2D eigenvalue weighted by molar-refractivity contribution is 0.721. The van der Waals surface area contributed by atoms with E-state index in [2.05, 4.69) is 40.4 Å². The van der Waals surface area contributed by atoms with Gasteiger partial charge in [0.15, 0.2) is 5.65 Å². The number of nitrogens with one attached hydrogen (secondary N) is 1. The molecule has 0 fully saturated rings. The quantitative estimate of drug-likeness (QED) is 0.785. The maximum absolute atomic E-state index is 4.55. The van der Waals surface area contributed by atoms with Gasteiger partial charge in [-0.15, -0.1) is 10.2 Å². The molecule has 0 spiro atoms. The van der Waals surface area contributed by atoms with Crippen LogP contribution in [0.25, 0.3) is 5.65 Å². The number of hydrogen-bond acceptors (Lipinski definition) is 5. The molecule has 3 rings (SSSR count). The van der Waals surface area contributed by atoms with E-state index in [9.17, 15) is 0 Å². The van der Waals surface area contributed by atoms with Crippen LogP contribution in [0.1, 0.15) is 18.1 Å². The molecule has 0 saturated heterocycles. The van der Waals surface area contributed by atoms with Crippen LogP contribution in [0.3, 0.4) is 0 Å². The topological polar surface area (TPSA) is 55.1 Å². The van der Waals surface area contributed by atoms with Gasteiger partial charge in [-0.25, -0.2) is 4.98 Å². The summed E-state index contributed by atoms with van der Waals surface area (Å²) in [5, 5.41) is 13.5. The van der Waals surface area contributed by atoms with Crippen molar-refractivity contribution in [1.29, 1.82) is 0 Å². The van der Waals surface area contributed by atoms with E-state index >= 15 is 0 Å². The van der Waals surface area contributed by atoms with Gasteiger partial charge in [0.1, 0.15) is 5.03 Å². The summed E-state index contributed by atoms with van der Waals surface area (Å²) in [6.45, 7) is 5.99. The number of hydrogen-bond donors (Lipinski definition) is 1. The van der Waals surface area contributed by atoms with Crippen molar-refractivity contribution >= 4 is 17.4 Å². The molecular formula is C15H17N5S. The number of pyridine rings is 2. The molecule has 21 heavy (non-hydrogen) atoms. The van der Waals surface area contributed by atoms with Crippen molar-refractivity contribution in [3.8, 4) is 0 Å². The molecule has 3 aromatic heterocycles. The van der Waals surface area contributed by atoms with Crippen molar-refractivity contribution in [2.45, 2.75) is 30.6 Å². The third-order valence-electron chi connectivity index (χ3n) is 3.14. The molecule has 1 N–H and O–H groups in total. The Morgan fingerprint density at radius 3 is 3.00 bits per heavy atom. The van der Waals surface area contributed by atoms with E-state index in [1.54, 1.807) is 11.8 Å². The Labute approximate surface area is 127 Å². The van der Waals surface area contributed by atoms with Gasteiger partial charge in [-0.05, 0) is 48.5 Å². The third-order valence-corrected chi connectivity index (χ3v) is 4.22. The van der Waals surface area contributed by atoms with Gasteiger partial charge in [0.05, 0.1) is 0 Å². The monoisotopic (exact) mass is 299 g/mol. The Hall–Kier alpha value is -1.92. The third kappa shape index (κ3) is 3.06. The van der Waals surface area contributed by atoms with Gasteiger partial charge >= 0.3 is 0 Å². The highest BCUT2D eigenvalue weighted by atomic mass is 32.2. The minimum absolute atomic E-state index is 0.834. The highest BCUT2D eigenvalue weighted by Gasteiger charge is 2.10. The maximum Gasteiger partial charge on any atom is 0.201 e. The molecule has 0 aromatic carbocycles. The predicted molar refractivity (Wildman–Crippen MR) is 83.5 cm³/mol. The first-order chi connectivity index (χ1) is 10.3. The van der Waals surface area contributed by atoms with E-state index in [-0.39, 0.29) is 0 Å². The molecule has 0 atom stereocenters.